The first-order valence-electron chi connectivity index (χ1n) is 5.69. The second kappa shape index (κ2) is 6.03. The highest BCUT2D eigenvalue weighted by molar-refractivity contribution is 9.10. The summed E-state index contributed by atoms with van der Waals surface area (Å²) in [5.41, 5.74) is 3.64. The summed E-state index contributed by atoms with van der Waals surface area (Å²) in [6.07, 6.45) is 3.94. The van der Waals surface area contributed by atoms with E-state index in [9.17, 15) is 0 Å². The summed E-state index contributed by atoms with van der Waals surface area (Å²) < 4.78 is 2.77. The van der Waals surface area contributed by atoms with Gasteiger partial charge in [0.2, 0.25) is 0 Å². The second-order valence-corrected chi connectivity index (χ2v) is 4.64. The van der Waals surface area contributed by atoms with E-state index in [-0.39, 0.29) is 6.04 Å². The molecular formula is C11H15BrN6. The number of hydrogen-bond donors (Lipinski definition) is 2. The lowest BCUT2D eigenvalue weighted by molar-refractivity contribution is 0.499. The van der Waals surface area contributed by atoms with Gasteiger partial charge in [-0.2, -0.15) is 5.10 Å². The Bertz CT molecular complexity index is 512. The topological polar surface area (TPSA) is 81.7 Å². The van der Waals surface area contributed by atoms with E-state index in [4.69, 9.17) is 5.84 Å². The number of halogens is 1. The first-order chi connectivity index (χ1) is 8.76. The second-order valence-electron chi connectivity index (χ2n) is 3.79. The monoisotopic (exact) mass is 310 g/mol. The van der Waals surface area contributed by atoms with Crippen molar-refractivity contribution in [1.82, 2.24) is 25.2 Å². The molecule has 1 atom stereocenters. The SMILES string of the molecule is CCn1ncnc1CC(NN)c1ncccc1Br. The van der Waals surface area contributed by atoms with Crippen LogP contribution in [0.4, 0.5) is 0 Å². The molecule has 0 aliphatic rings. The summed E-state index contributed by atoms with van der Waals surface area (Å²) in [7, 11) is 0. The lowest BCUT2D eigenvalue weighted by Crippen LogP contribution is -2.31. The summed E-state index contributed by atoms with van der Waals surface area (Å²) in [5.74, 6) is 6.50. The van der Waals surface area contributed by atoms with Crippen molar-refractivity contribution in [3.05, 3.63) is 40.6 Å². The van der Waals surface area contributed by atoms with Gasteiger partial charge in [0.05, 0.1) is 11.7 Å². The van der Waals surface area contributed by atoms with Crippen LogP contribution in [0.25, 0.3) is 0 Å². The van der Waals surface area contributed by atoms with Crippen LogP contribution in [0.5, 0.6) is 0 Å². The van der Waals surface area contributed by atoms with Crippen molar-refractivity contribution in [2.24, 2.45) is 5.84 Å². The van der Waals surface area contributed by atoms with E-state index in [2.05, 4.69) is 36.4 Å². The summed E-state index contributed by atoms with van der Waals surface area (Å²) in [5, 5.41) is 4.14. The minimum absolute atomic E-state index is 0.102. The Labute approximate surface area is 114 Å². The number of pyridine rings is 1. The quantitative estimate of drug-likeness (QED) is 0.640. The van der Waals surface area contributed by atoms with Crippen molar-refractivity contribution in [2.45, 2.75) is 25.9 Å². The van der Waals surface area contributed by atoms with E-state index in [0.717, 1.165) is 22.5 Å². The molecule has 2 aromatic heterocycles. The molecule has 2 aromatic rings. The third-order valence-electron chi connectivity index (χ3n) is 2.70. The van der Waals surface area contributed by atoms with E-state index >= 15 is 0 Å². The van der Waals surface area contributed by atoms with Crippen LogP contribution in [0.3, 0.4) is 0 Å². The van der Waals surface area contributed by atoms with E-state index < -0.39 is 0 Å². The number of nitrogens with two attached hydrogens (primary N) is 1. The Morgan fingerprint density at radius 3 is 3.00 bits per heavy atom. The lowest BCUT2D eigenvalue weighted by Gasteiger charge is -2.16. The Balaban J connectivity index is 2.23. The highest BCUT2D eigenvalue weighted by atomic mass is 79.9. The van der Waals surface area contributed by atoms with Crippen molar-refractivity contribution < 1.29 is 0 Å². The van der Waals surface area contributed by atoms with Crippen molar-refractivity contribution in [1.29, 1.82) is 0 Å². The predicted octanol–water partition coefficient (Wildman–Crippen LogP) is 1.20. The molecule has 2 rings (SSSR count). The summed E-state index contributed by atoms with van der Waals surface area (Å²) in [6.45, 7) is 2.82. The molecule has 0 aliphatic carbocycles. The molecule has 6 nitrogen and oxygen atoms in total. The molecule has 1 unspecified atom stereocenters. The van der Waals surface area contributed by atoms with E-state index in [1.165, 1.54) is 0 Å². The zero-order chi connectivity index (χ0) is 13.0. The fourth-order valence-corrected chi connectivity index (χ4v) is 2.31. The molecule has 96 valence electrons. The molecule has 7 heteroatoms. The fourth-order valence-electron chi connectivity index (χ4n) is 1.78. The van der Waals surface area contributed by atoms with Gasteiger partial charge in [0.15, 0.2) is 0 Å². The predicted molar refractivity (Wildman–Crippen MR) is 71.4 cm³/mol. The maximum atomic E-state index is 5.61. The van der Waals surface area contributed by atoms with Gasteiger partial charge in [0, 0.05) is 23.6 Å². The van der Waals surface area contributed by atoms with Gasteiger partial charge in [-0.15, -0.1) is 0 Å². The van der Waals surface area contributed by atoms with Crippen LogP contribution in [0.1, 0.15) is 24.5 Å². The number of nitrogens with one attached hydrogen (secondary N) is 1. The molecule has 3 N–H and O–H groups in total. The van der Waals surface area contributed by atoms with Gasteiger partial charge in [-0.3, -0.25) is 20.9 Å². The van der Waals surface area contributed by atoms with Crippen LogP contribution in [0.15, 0.2) is 29.1 Å². The fraction of sp³-hybridized carbons (Fsp3) is 0.364. The number of rotatable bonds is 5. The van der Waals surface area contributed by atoms with Gasteiger partial charge in [0.1, 0.15) is 12.2 Å². The zero-order valence-corrected chi connectivity index (χ0v) is 11.6. The average molecular weight is 311 g/mol. The molecule has 0 saturated carbocycles. The zero-order valence-electron chi connectivity index (χ0n) is 10.0. The Morgan fingerprint density at radius 1 is 1.50 bits per heavy atom. The van der Waals surface area contributed by atoms with Gasteiger partial charge >= 0.3 is 0 Å². The van der Waals surface area contributed by atoms with Gasteiger partial charge < -0.3 is 0 Å². The van der Waals surface area contributed by atoms with Crippen LogP contribution in [-0.4, -0.2) is 19.7 Å². The molecule has 0 amide bonds. The summed E-state index contributed by atoms with van der Waals surface area (Å²) in [4.78, 5) is 8.58. The van der Waals surface area contributed by atoms with E-state index in [1.807, 2.05) is 23.7 Å². The largest absolute Gasteiger partial charge is 0.271 e. The number of hydrogen-bond acceptors (Lipinski definition) is 5. The van der Waals surface area contributed by atoms with Gasteiger partial charge in [-0.05, 0) is 35.0 Å². The lowest BCUT2D eigenvalue weighted by atomic mass is 10.1. The molecule has 0 spiro atoms. The molecule has 0 fully saturated rings. The number of hydrazine groups is 1. The third-order valence-corrected chi connectivity index (χ3v) is 3.37. The number of aromatic nitrogens is 4. The maximum Gasteiger partial charge on any atom is 0.138 e. The molecule has 0 bridgehead atoms. The van der Waals surface area contributed by atoms with Crippen LogP contribution in [0, 0.1) is 0 Å². The Kier molecular flexibility index (Phi) is 4.40. The van der Waals surface area contributed by atoms with Crippen molar-refractivity contribution in [3.63, 3.8) is 0 Å². The van der Waals surface area contributed by atoms with E-state index in [1.54, 1.807) is 12.5 Å². The van der Waals surface area contributed by atoms with Crippen LogP contribution < -0.4 is 11.3 Å². The molecule has 2 heterocycles. The molecule has 18 heavy (non-hydrogen) atoms. The van der Waals surface area contributed by atoms with Gasteiger partial charge in [-0.25, -0.2) is 4.98 Å². The molecule has 0 radical (unpaired) electrons. The van der Waals surface area contributed by atoms with Crippen molar-refractivity contribution in [3.8, 4) is 0 Å². The first-order valence-corrected chi connectivity index (χ1v) is 6.48. The maximum absolute atomic E-state index is 5.61. The van der Waals surface area contributed by atoms with Crippen molar-refractivity contribution in [2.75, 3.05) is 0 Å². The normalized spacial score (nSPS) is 12.6. The highest BCUT2D eigenvalue weighted by Crippen LogP contribution is 2.22. The summed E-state index contributed by atoms with van der Waals surface area (Å²) in [6, 6.07) is 3.71. The third kappa shape index (κ3) is 2.74. The summed E-state index contributed by atoms with van der Waals surface area (Å²) >= 11 is 3.48. The Hall–Kier alpha value is -1.31. The smallest absolute Gasteiger partial charge is 0.138 e. The van der Waals surface area contributed by atoms with Crippen LogP contribution in [0.2, 0.25) is 0 Å². The Morgan fingerprint density at radius 2 is 2.33 bits per heavy atom. The van der Waals surface area contributed by atoms with Crippen LogP contribution >= 0.6 is 15.9 Å². The van der Waals surface area contributed by atoms with E-state index in [0.29, 0.717) is 6.42 Å². The number of nitrogens with zero attached hydrogens (tertiary/aromatic N) is 4. The van der Waals surface area contributed by atoms with Crippen molar-refractivity contribution >= 4 is 15.9 Å². The minimum atomic E-state index is -0.102. The highest BCUT2D eigenvalue weighted by Gasteiger charge is 2.17. The molecule has 0 aromatic carbocycles. The standard InChI is InChI=1S/C11H15BrN6/c1-2-18-10(15-7-16-18)6-9(17-13)11-8(12)4-3-5-14-11/h3-5,7,9,17H,2,6,13H2,1H3. The molecule has 0 saturated heterocycles. The van der Waals surface area contributed by atoms with Gasteiger partial charge in [0.25, 0.3) is 0 Å². The molecule has 0 aliphatic heterocycles. The average Bonchev–Trinajstić information content (AvgIpc) is 2.84. The minimum Gasteiger partial charge on any atom is -0.271 e. The number of aryl methyl sites for hydroxylation is 1. The first kappa shape index (κ1) is 13.1. The molecular weight excluding hydrogens is 296 g/mol. The van der Waals surface area contributed by atoms with Crippen LogP contribution in [-0.2, 0) is 13.0 Å². The van der Waals surface area contributed by atoms with Gasteiger partial charge in [-0.1, -0.05) is 0 Å².